The Morgan fingerprint density at radius 3 is 2.56 bits per heavy atom. The number of aromatic nitrogens is 3. The van der Waals surface area contributed by atoms with Crippen molar-refractivity contribution in [3.05, 3.63) is 84.5 Å². The Hall–Kier alpha value is -3.80. The molecule has 6 nitrogen and oxygen atoms in total. The van der Waals surface area contributed by atoms with Crippen LogP contribution in [0.4, 0.5) is 0 Å². The molecule has 27 heavy (non-hydrogen) atoms. The van der Waals surface area contributed by atoms with Gasteiger partial charge in [-0.1, -0.05) is 42.5 Å². The average Bonchev–Trinajstić information content (AvgIpc) is 2.73. The summed E-state index contributed by atoms with van der Waals surface area (Å²) in [5, 5.41) is 21.7. The van der Waals surface area contributed by atoms with E-state index in [0.717, 1.165) is 16.5 Å². The number of para-hydroxylation sites is 1. The maximum absolute atomic E-state index is 8.33. The largest absolute Gasteiger partial charge is 0.485 e. The van der Waals surface area contributed by atoms with Crippen molar-refractivity contribution in [1.29, 1.82) is 10.8 Å². The zero-order chi connectivity index (χ0) is 18.6. The Labute approximate surface area is 155 Å². The van der Waals surface area contributed by atoms with E-state index in [2.05, 4.69) is 10.1 Å². The summed E-state index contributed by atoms with van der Waals surface area (Å²) in [5.74, 6) is 0.732. The summed E-state index contributed by atoms with van der Waals surface area (Å²) in [7, 11) is 0. The molecule has 0 unspecified atom stereocenters. The fourth-order valence-corrected chi connectivity index (χ4v) is 2.79. The van der Waals surface area contributed by atoms with Crippen molar-refractivity contribution in [3.63, 3.8) is 0 Å². The van der Waals surface area contributed by atoms with E-state index in [4.69, 9.17) is 15.6 Å². The van der Waals surface area contributed by atoms with Gasteiger partial charge in [0, 0.05) is 17.1 Å². The van der Waals surface area contributed by atoms with Gasteiger partial charge in [-0.15, -0.1) is 0 Å². The van der Waals surface area contributed by atoms with E-state index in [0.29, 0.717) is 11.4 Å². The van der Waals surface area contributed by atoms with E-state index in [1.807, 2.05) is 54.6 Å². The van der Waals surface area contributed by atoms with Crippen molar-refractivity contribution >= 4 is 16.7 Å². The zero-order valence-electron chi connectivity index (χ0n) is 14.5. The predicted octanol–water partition coefficient (Wildman–Crippen LogP) is 3.48. The van der Waals surface area contributed by atoms with Gasteiger partial charge in [0.05, 0.1) is 11.2 Å². The lowest BCUT2D eigenvalue weighted by Gasteiger charge is -2.12. The number of hydrogen-bond donors (Lipinski definition) is 2. The molecule has 2 N–H and O–H groups in total. The number of hydrogen-bond acceptors (Lipinski definition) is 5. The third-order valence-electron chi connectivity index (χ3n) is 4.13. The molecule has 0 fully saturated rings. The van der Waals surface area contributed by atoms with Crippen LogP contribution in [0.15, 0.2) is 79.0 Å². The molecule has 0 spiro atoms. The van der Waals surface area contributed by atoms with Gasteiger partial charge in [-0.2, -0.15) is 9.78 Å². The van der Waals surface area contributed by atoms with Gasteiger partial charge in [-0.25, -0.2) is 0 Å². The van der Waals surface area contributed by atoms with Crippen LogP contribution in [-0.2, 0) is 0 Å². The molecule has 0 bridgehead atoms. The summed E-state index contributed by atoms with van der Waals surface area (Å²) < 4.78 is 7.11. The zero-order valence-corrected chi connectivity index (χ0v) is 14.5. The number of nitrogens with zero attached hydrogens (tertiary/aromatic N) is 3. The minimum absolute atomic E-state index is 0.00417. The predicted molar refractivity (Wildman–Crippen MR) is 104 cm³/mol. The summed E-state index contributed by atoms with van der Waals surface area (Å²) in [6, 6.07) is 22.5. The topological polar surface area (TPSA) is 87.6 Å². The van der Waals surface area contributed by atoms with Crippen LogP contribution in [0.25, 0.3) is 22.2 Å². The van der Waals surface area contributed by atoms with E-state index in [1.165, 1.54) is 4.68 Å². The summed E-state index contributed by atoms with van der Waals surface area (Å²) >= 11 is 0. The van der Waals surface area contributed by atoms with Crippen molar-refractivity contribution in [2.75, 3.05) is 6.61 Å². The number of fused-ring (bicyclic) bond motifs is 1. The number of rotatable bonds is 4. The lowest BCUT2D eigenvalue weighted by atomic mass is 10.1. The van der Waals surface area contributed by atoms with Gasteiger partial charge in [0.15, 0.2) is 5.84 Å². The monoisotopic (exact) mass is 355 g/mol. The first-order valence-electron chi connectivity index (χ1n) is 8.47. The Bertz CT molecular complexity index is 1160. The number of benzene rings is 2. The molecule has 0 aliphatic heterocycles. The lowest BCUT2D eigenvalue weighted by molar-refractivity contribution is 0.374. The molecule has 0 radical (unpaired) electrons. The van der Waals surface area contributed by atoms with Crippen molar-refractivity contribution < 1.29 is 4.74 Å². The summed E-state index contributed by atoms with van der Waals surface area (Å²) in [5.41, 5.74) is 2.59. The second-order valence-electron chi connectivity index (χ2n) is 5.94. The van der Waals surface area contributed by atoms with Crippen molar-refractivity contribution in [1.82, 2.24) is 14.8 Å². The van der Waals surface area contributed by atoms with Gasteiger partial charge in [0.1, 0.15) is 17.8 Å². The van der Waals surface area contributed by atoms with E-state index in [-0.39, 0.29) is 17.9 Å². The second-order valence-corrected chi connectivity index (χ2v) is 5.94. The van der Waals surface area contributed by atoms with Crippen LogP contribution < -0.4 is 10.2 Å². The van der Waals surface area contributed by atoms with Crippen LogP contribution in [0.1, 0.15) is 0 Å². The highest BCUT2D eigenvalue weighted by Crippen LogP contribution is 2.23. The maximum atomic E-state index is 8.33. The molecular weight excluding hydrogens is 338 g/mol. The molecule has 0 saturated carbocycles. The first-order valence-corrected chi connectivity index (χ1v) is 8.47. The minimum atomic E-state index is -0.00417. The van der Waals surface area contributed by atoms with E-state index < -0.39 is 0 Å². The highest BCUT2D eigenvalue weighted by atomic mass is 16.5. The Balaban J connectivity index is 1.59. The van der Waals surface area contributed by atoms with Gasteiger partial charge in [-0.05, 0) is 30.3 Å². The fraction of sp³-hybridized carbons (Fsp3) is 0.0476. The van der Waals surface area contributed by atoms with Crippen molar-refractivity contribution in [2.24, 2.45) is 0 Å². The fourth-order valence-electron chi connectivity index (χ4n) is 2.79. The molecule has 4 rings (SSSR count). The van der Waals surface area contributed by atoms with Gasteiger partial charge in [-0.3, -0.25) is 15.8 Å². The van der Waals surface area contributed by atoms with Crippen LogP contribution in [0.3, 0.4) is 0 Å². The Morgan fingerprint density at radius 1 is 0.926 bits per heavy atom. The molecule has 6 heteroatoms. The first-order chi connectivity index (χ1) is 13.2. The van der Waals surface area contributed by atoms with Gasteiger partial charge in [0.2, 0.25) is 0 Å². The highest BCUT2D eigenvalue weighted by molar-refractivity contribution is 5.86. The molecule has 0 amide bonds. The molecular formula is C21H17N5O. The van der Waals surface area contributed by atoms with Gasteiger partial charge >= 0.3 is 0 Å². The molecule has 0 aliphatic rings. The first kappa shape index (κ1) is 16.7. The minimum Gasteiger partial charge on any atom is -0.485 e. The molecule has 0 saturated heterocycles. The van der Waals surface area contributed by atoms with E-state index in [1.54, 1.807) is 24.4 Å². The molecule has 2 aromatic carbocycles. The molecule has 2 heterocycles. The molecule has 4 aromatic rings. The normalized spacial score (nSPS) is 10.7. The third kappa shape index (κ3) is 3.46. The second kappa shape index (κ2) is 7.21. The number of nitrogens with one attached hydrogen (secondary N) is 2. The van der Waals surface area contributed by atoms with Gasteiger partial charge < -0.3 is 4.74 Å². The maximum Gasteiger partial charge on any atom is 0.162 e. The quantitative estimate of drug-likeness (QED) is 0.434. The van der Waals surface area contributed by atoms with Crippen molar-refractivity contribution in [3.8, 4) is 17.0 Å². The smallest absolute Gasteiger partial charge is 0.162 e. The molecule has 2 aromatic heterocycles. The third-order valence-corrected chi connectivity index (χ3v) is 4.13. The van der Waals surface area contributed by atoms with Crippen LogP contribution in [0.5, 0.6) is 5.75 Å². The van der Waals surface area contributed by atoms with Crippen molar-refractivity contribution in [2.45, 2.75) is 0 Å². The van der Waals surface area contributed by atoms with Crippen LogP contribution in [0, 0.1) is 10.8 Å². The van der Waals surface area contributed by atoms with Gasteiger partial charge in [0.25, 0.3) is 0 Å². The molecule has 132 valence electrons. The van der Waals surface area contributed by atoms with Crippen LogP contribution >= 0.6 is 0 Å². The summed E-state index contributed by atoms with van der Waals surface area (Å²) in [4.78, 5) is 4.31. The Morgan fingerprint density at radius 2 is 1.70 bits per heavy atom. The van der Waals surface area contributed by atoms with E-state index in [9.17, 15) is 0 Å². The average molecular weight is 355 g/mol. The lowest BCUT2D eigenvalue weighted by Crippen LogP contribution is -2.32. The number of ether oxygens (including phenoxy) is 1. The molecule has 0 aliphatic carbocycles. The van der Waals surface area contributed by atoms with Crippen LogP contribution in [0.2, 0.25) is 0 Å². The van der Waals surface area contributed by atoms with Crippen LogP contribution in [-0.4, -0.2) is 27.2 Å². The SMILES string of the molecule is N=C(COc1ccnc2ccccc12)n1nc(-c2ccccc2)ccc1=N. The number of pyridine rings is 1. The summed E-state index contributed by atoms with van der Waals surface area (Å²) in [6.07, 6.45) is 1.68. The Kier molecular flexibility index (Phi) is 4.45. The molecule has 0 atom stereocenters. The summed E-state index contributed by atoms with van der Waals surface area (Å²) in [6.45, 7) is -0.00417. The van der Waals surface area contributed by atoms with E-state index >= 15 is 0 Å². The highest BCUT2D eigenvalue weighted by Gasteiger charge is 2.09. The standard InChI is InChI=1S/C21H17N5O/c22-20-11-10-17(15-6-2-1-3-7-15)25-26(20)21(23)14-27-19-12-13-24-18-9-5-4-8-16(18)19/h1-13,22-23H,14H2.